The molecule has 0 fully saturated rings. The zero-order valence-corrected chi connectivity index (χ0v) is 14.7. The van der Waals surface area contributed by atoms with E-state index in [0.29, 0.717) is 6.54 Å². The molecule has 6 nitrogen and oxygen atoms in total. The molecule has 3 rings (SSSR count). The molecule has 126 valence electrons. The second kappa shape index (κ2) is 7.55. The third-order valence-electron chi connectivity index (χ3n) is 3.79. The lowest BCUT2D eigenvalue weighted by molar-refractivity contribution is 0.0957. The van der Waals surface area contributed by atoms with Crippen LogP contribution in [0.15, 0.2) is 30.6 Å². The molecule has 2 N–H and O–H groups in total. The van der Waals surface area contributed by atoms with Crippen molar-refractivity contribution in [3.63, 3.8) is 0 Å². The van der Waals surface area contributed by atoms with Crippen LogP contribution in [-0.4, -0.2) is 33.8 Å². The van der Waals surface area contributed by atoms with Gasteiger partial charge in [-0.05, 0) is 37.6 Å². The number of amides is 1. The second-order valence-corrected chi connectivity index (χ2v) is 6.72. The highest BCUT2D eigenvalue weighted by Crippen LogP contribution is 2.27. The minimum absolute atomic E-state index is 0.0112. The summed E-state index contributed by atoms with van der Waals surface area (Å²) in [5.41, 5.74) is 2.12. The number of aryl methyl sites for hydroxylation is 2. The van der Waals surface area contributed by atoms with Crippen molar-refractivity contribution in [1.82, 2.24) is 25.4 Å². The van der Waals surface area contributed by atoms with Gasteiger partial charge in [0.2, 0.25) is 0 Å². The molecule has 0 aliphatic heterocycles. The highest BCUT2D eigenvalue weighted by molar-refractivity contribution is 7.20. The molecule has 7 heteroatoms. The van der Waals surface area contributed by atoms with Crippen molar-refractivity contribution in [2.24, 2.45) is 7.05 Å². The van der Waals surface area contributed by atoms with Crippen molar-refractivity contribution in [3.8, 4) is 0 Å². The Morgan fingerprint density at radius 3 is 3.00 bits per heavy atom. The number of fused-ring (bicyclic) bond motifs is 1. The van der Waals surface area contributed by atoms with E-state index in [1.165, 1.54) is 11.3 Å². The van der Waals surface area contributed by atoms with Crippen LogP contribution < -0.4 is 10.6 Å². The van der Waals surface area contributed by atoms with Crippen LogP contribution in [0, 0.1) is 6.92 Å². The lowest BCUT2D eigenvalue weighted by Crippen LogP contribution is -2.26. The number of carbonyl (C=O) groups is 1. The summed E-state index contributed by atoms with van der Waals surface area (Å²) in [7, 11) is 1.90. The summed E-state index contributed by atoms with van der Waals surface area (Å²) in [6, 6.07) is 5.90. The maximum atomic E-state index is 12.2. The number of hydrogen-bond acceptors (Lipinski definition) is 5. The SMILES string of the molecule is Cc1nn(C)c2sc(C(=O)NCCCNCc3cccnc3)cc12. The largest absolute Gasteiger partial charge is 0.351 e. The third kappa shape index (κ3) is 3.80. The number of rotatable bonds is 7. The molecule has 0 unspecified atom stereocenters. The van der Waals surface area contributed by atoms with E-state index in [9.17, 15) is 4.79 Å². The lowest BCUT2D eigenvalue weighted by Gasteiger charge is -2.05. The van der Waals surface area contributed by atoms with E-state index in [1.54, 1.807) is 6.20 Å². The smallest absolute Gasteiger partial charge is 0.261 e. The Hall–Kier alpha value is -2.25. The van der Waals surface area contributed by atoms with Gasteiger partial charge in [0.15, 0.2) is 0 Å². The van der Waals surface area contributed by atoms with Crippen molar-refractivity contribution in [3.05, 3.63) is 46.7 Å². The van der Waals surface area contributed by atoms with Gasteiger partial charge in [0.25, 0.3) is 5.91 Å². The maximum absolute atomic E-state index is 12.2. The van der Waals surface area contributed by atoms with Crippen molar-refractivity contribution in [2.45, 2.75) is 19.9 Å². The number of nitrogens with zero attached hydrogens (tertiary/aromatic N) is 3. The van der Waals surface area contributed by atoms with Crippen LogP contribution in [-0.2, 0) is 13.6 Å². The van der Waals surface area contributed by atoms with Gasteiger partial charge in [-0.25, -0.2) is 0 Å². The van der Waals surface area contributed by atoms with Crippen LogP contribution >= 0.6 is 11.3 Å². The minimum Gasteiger partial charge on any atom is -0.351 e. The van der Waals surface area contributed by atoms with E-state index in [-0.39, 0.29) is 5.91 Å². The first-order valence-electron chi connectivity index (χ1n) is 7.96. The molecule has 0 saturated heterocycles. The predicted molar refractivity (Wildman–Crippen MR) is 96.2 cm³/mol. The van der Waals surface area contributed by atoms with Crippen LogP contribution in [0.1, 0.15) is 27.3 Å². The average Bonchev–Trinajstić information content (AvgIpc) is 3.14. The fraction of sp³-hybridized carbons (Fsp3) is 0.353. The van der Waals surface area contributed by atoms with E-state index in [0.717, 1.165) is 45.9 Å². The number of nitrogens with one attached hydrogen (secondary N) is 2. The van der Waals surface area contributed by atoms with Crippen molar-refractivity contribution >= 4 is 27.5 Å². The van der Waals surface area contributed by atoms with Crippen LogP contribution in [0.25, 0.3) is 10.2 Å². The normalized spacial score (nSPS) is 11.1. The van der Waals surface area contributed by atoms with Gasteiger partial charge in [0.1, 0.15) is 4.83 Å². The van der Waals surface area contributed by atoms with Gasteiger partial charge in [-0.15, -0.1) is 11.3 Å². The summed E-state index contributed by atoms with van der Waals surface area (Å²) in [5, 5.41) is 11.7. The molecular weight excluding hydrogens is 322 g/mol. The summed E-state index contributed by atoms with van der Waals surface area (Å²) in [6.45, 7) is 4.27. The summed E-state index contributed by atoms with van der Waals surface area (Å²) in [6.07, 6.45) is 4.51. The van der Waals surface area contributed by atoms with Crippen molar-refractivity contribution in [1.29, 1.82) is 0 Å². The predicted octanol–water partition coefficient (Wildman–Crippen LogP) is 2.25. The minimum atomic E-state index is -0.0112. The van der Waals surface area contributed by atoms with Gasteiger partial charge in [-0.1, -0.05) is 6.07 Å². The topological polar surface area (TPSA) is 71.8 Å². The van der Waals surface area contributed by atoms with E-state index in [2.05, 4.69) is 20.7 Å². The molecule has 3 heterocycles. The molecule has 0 aliphatic rings. The Balaban J connectivity index is 1.41. The van der Waals surface area contributed by atoms with Crippen molar-refractivity contribution < 1.29 is 4.79 Å². The molecule has 3 aromatic heterocycles. The highest BCUT2D eigenvalue weighted by atomic mass is 32.1. The van der Waals surface area contributed by atoms with Crippen LogP contribution in [0.5, 0.6) is 0 Å². The molecule has 3 aromatic rings. The van der Waals surface area contributed by atoms with Crippen LogP contribution in [0.3, 0.4) is 0 Å². The van der Waals surface area contributed by atoms with Gasteiger partial charge in [0.05, 0.1) is 10.6 Å². The lowest BCUT2D eigenvalue weighted by atomic mass is 10.3. The zero-order chi connectivity index (χ0) is 16.9. The standard InChI is InChI=1S/C17H21N5OS/c1-12-14-9-15(24-17(14)22(2)21-12)16(23)20-8-4-7-19-11-13-5-3-6-18-10-13/h3,5-6,9-10,19H,4,7-8,11H2,1-2H3,(H,20,23). The van der Waals surface area contributed by atoms with E-state index >= 15 is 0 Å². The Bertz CT molecular complexity index is 790. The molecule has 0 aliphatic carbocycles. The quantitative estimate of drug-likeness (QED) is 0.646. The number of pyridine rings is 1. The second-order valence-electron chi connectivity index (χ2n) is 5.69. The number of hydrogen-bond donors (Lipinski definition) is 2. The first kappa shape index (κ1) is 16.6. The fourth-order valence-corrected chi connectivity index (χ4v) is 3.59. The molecular formula is C17H21N5OS. The summed E-state index contributed by atoms with van der Waals surface area (Å²) in [5.74, 6) is -0.0112. The monoisotopic (exact) mass is 343 g/mol. The van der Waals surface area contributed by atoms with Gasteiger partial charge < -0.3 is 10.6 Å². The Morgan fingerprint density at radius 2 is 2.25 bits per heavy atom. The van der Waals surface area contributed by atoms with Crippen molar-refractivity contribution in [2.75, 3.05) is 13.1 Å². The Kier molecular flexibility index (Phi) is 5.22. The summed E-state index contributed by atoms with van der Waals surface area (Å²) in [4.78, 5) is 18.1. The molecule has 0 aromatic carbocycles. The van der Waals surface area contributed by atoms with Crippen LogP contribution in [0.4, 0.5) is 0 Å². The first-order chi connectivity index (χ1) is 11.6. The maximum Gasteiger partial charge on any atom is 0.261 e. The van der Waals surface area contributed by atoms with E-state index < -0.39 is 0 Å². The number of carbonyl (C=O) groups excluding carboxylic acids is 1. The highest BCUT2D eigenvalue weighted by Gasteiger charge is 2.14. The molecule has 0 radical (unpaired) electrons. The molecule has 1 amide bonds. The number of aromatic nitrogens is 3. The van der Waals surface area contributed by atoms with E-state index in [1.807, 2.05) is 43.0 Å². The third-order valence-corrected chi connectivity index (χ3v) is 4.99. The molecule has 0 bridgehead atoms. The van der Waals surface area contributed by atoms with Gasteiger partial charge in [-0.2, -0.15) is 5.10 Å². The molecule has 24 heavy (non-hydrogen) atoms. The van der Waals surface area contributed by atoms with Gasteiger partial charge >= 0.3 is 0 Å². The summed E-state index contributed by atoms with van der Waals surface area (Å²) < 4.78 is 1.83. The zero-order valence-electron chi connectivity index (χ0n) is 13.9. The average molecular weight is 343 g/mol. The Labute approximate surface area is 144 Å². The van der Waals surface area contributed by atoms with E-state index in [4.69, 9.17) is 0 Å². The Morgan fingerprint density at radius 1 is 1.38 bits per heavy atom. The molecule has 0 spiro atoms. The van der Waals surface area contributed by atoms with Crippen LogP contribution in [0.2, 0.25) is 0 Å². The number of thiophene rings is 1. The van der Waals surface area contributed by atoms with Gasteiger partial charge in [-0.3, -0.25) is 14.5 Å². The molecule has 0 saturated carbocycles. The first-order valence-corrected chi connectivity index (χ1v) is 8.78. The molecule has 0 atom stereocenters. The summed E-state index contributed by atoms with van der Waals surface area (Å²) >= 11 is 1.48. The van der Waals surface area contributed by atoms with Gasteiger partial charge in [0, 0.05) is 37.9 Å². The fourth-order valence-electron chi connectivity index (χ4n) is 2.56.